The van der Waals surface area contributed by atoms with E-state index in [2.05, 4.69) is 10.6 Å². The number of nitrogens with one attached hydrogen (secondary N) is 2. The summed E-state index contributed by atoms with van der Waals surface area (Å²) in [5, 5.41) is 14.2. The first-order valence-corrected chi connectivity index (χ1v) is 6.41. The highest BCUT2D eigenvalue weighted by atomic mass is 19.1. The van der Waals surface area contributed by atoms with Crippen molar-refractivity contribution in [1.29, 1.82) is 0 Å². The summed E-state index contributed by atoms with van der Waals surface area (Å²) in [6, 6.07) is 3.66. The topological polar surface area (TPSA) is 78.4 Å². The van der Waals surface area contributed by atoms with Crippen molar-refractivity contribution in [2.24, 2.45) is 5.92 Å². The second-order valence-electron chi connectivity index (χ2n) is 5.32. The number of urea groups is 1. The number of anilines is 1. The SMILES string of the molecule is Cc1ccc(NC(=O)NC(C)(C(=O)O)C2CC2)cc1F. The number of amides is 2. The number of carboxylic acids is 1. The van der Waals surface area contributed by atoms with Gasteiger partial charge in [-0.2, -0.15) is 0 Å². The number of rotatable bonds is 4. The molecule has 1 atom stereocenters. The van der Waals surface area contributed by atoms with Crippen LogP contribution < -0.4 is 10.6 Å². The number of carbonyl (C=O) groups is 2. The maximum absolute atomic E-state index is 13.4. The molecule has 108 valence electrons. The van der Waals surface area contributed by atoms with Crippen molar-refractivity contribution in [2.75, 3.05) is 5.32 Å². The molecule has 2 rings (SSSR count). The minimum absolute atomic E-state index is 0.0551. The van der Waals surface area contributed by atoms with Crippen molar-refractivity contribution in [3.05, 3.63) is 29.6 Å². The lowest BCUT2D eigenvalue weighted by atomic mass is 9.96. The Labute approximate surface area is 116 Å². The first kappa shape index (κ1) is 14.3. The lowest BCUT2D eigenvalue weighted by Crippen LogP contribution is -2.55. The maximum atomic E-state index is 13.4. The molecule has 0 saturated heterocycles. The predicted octanol–water partition coefficient (Wildman–Crippen LogP) is 2.51. The normalized spacial score (nSPS) is 17.1. The molecule has 0 aromatic heterocycles. The van der Waals surface area contributed by atoms with E-state index in [0.717, 1.165) is 12.8 Å². The lowest BCUT2D eigenvalue weighted by Gasteiger charge is -2.26. The van der Waals surface area contributed by atoms with Crippen LogP contribution in [0.3, 0.4) is 0 Å². The Bertz CT molecular complexity index is 557. The molecule has 0 radical (unpaired) electrons. The zero-order chi connectivity index (χ0) is 14.9. The van der Waals surface area contributed by atoms with Gasteiger partial charge in [-0.3, -0.25) is 0 Å². The summed E-state index contributed by atoms with van der Waals surface area (Å²) in [4.78, 5) is 23.1. The highest BCUT2D eigenvalue weighted by Crippen LogP contribution is 2.39. The van der Waals surface area contributed by atoms with Gasteiger partial charge in [0.25, 0.3) is 0 Å². The fourth-order valence-electron chi connectivity index (χ4n) is 2.06. The molecular formula is C14H17FN2O3. The molecule has 20 heavy (non-hydrogen) atoms. The zero-order valence-corrected chi connectivity index (χ0v) is 11.4. The van der Waals surface area contributed by atoms with E-state index in [9.17, 15) is 19.1 Å². The van der Waals surface area contributed by atoms with Gasteiger partial charge in [-0.25, -0.2) is 14.0 Å². The van der Waals surface area contributed by atoms with Crippen molar-refractivity contribution >= 4 is 17.7 Å². The standard InChI is InChI=1S/C14H17FN2O3/c1-8-3-6-10(7-11(8)15)16-13(20)17-14(2,12(18)19)9-4-5-9/h3,6-7,9H,4-5H2,1-2H3,(H,18,19)(H2,16,17,20). The summed E-state index contributed by atoms with van der Waals surface area (Å²) in [5.41, 5.74) is -0.522. The van der Waals surface area contributed by atoms with Gasteiger partial charge in [0.15, 0.2) is 0 Å². The van der Waals surface area contributed by atoms with Crippen LogP contribution in [0.5, 0.6) is 0 Å². The average Bonchev–Trinajstić information content (AvgIpc) is 3.17. The van der Waals surface area contributed by atoms with Crippen molar-refractivity contribution < 1.29 is 19.1 Å². The summed E-state index contributed by atoms with van der Waals surface area (Å²) in [6.45, 7) is 3.11. The minimum atomic E-state index is -1.28. The second kappa shape index (κ2) is 5.11. The monoisotopic (exact) mass is 280 g/mol. The van der Waals surface area contributed by atoms with Gasteiger partial charge in [0, 0.05) is 5.69 Å². The number of carboxylic acid groups (broad SMARTS) is 1. The molecule has 0 heterocycles. The third kappa shape index (κ3) is 2.89. The molecule has 0 bridgehead atoms. The Morgan fingerprint density at radius 2 is 2.05 bits per heavy atom. The number of hydrogen-bond acceptors (Lipinski definition) is 2. The Kier molecular flexibility index (Phi) is 3.65. The Hall–Kier alpha value is -2.11. The number of benzene rings is 1. The first-order chi connectivity index (χ1) is 9.33. The van der Waals surface area contributed by atoms with Crippen molar-refractivity contribution in [2.45, 2.75) is 32.2 Å². The van der Waals surface area contributed by atoms with E-state index in [4.69, 9.17) is 0 Å². The van der Waals surface area contributed by atoms with Gasteiger partial charge in [0.05, 0.1) is 0 Å². The number of carbonyl (C=O) groups excluding carboxylic acids is 1. The summed E-state index contributed by atoms with van der Waals surface area (Å²) in [7, 11) is 0. The molecule has 5 nitrogen and oxygen atoms in total. The first-order valence-electron chi connectivity index (χ1n) is 6.41. The molecular weight excluding hydrogens is 263 g/mol. The van der Waals surface area contributed by atoms with Crippen molar-refractivity contribution in [3.8, 4) is 0 Å². The molecule has 0 spiro atoms. The summed E-state index contributed by atoms with van der Waals surface area (Å²) >= 11 is 0. The summed E-state index contributed by atoms with van der Waals surface area (Å²) in [5.74, 6) is -1.54. The average molecular weight is 280 g/mol. The molecule has 1 fully saturated rings. The third-order valence-corrected chi connectivity index (χ3v) is 3.64. The number of halogens is 1. The van der Waals surface area contributed by atoms with E-state index in [1.807, 2.05) is 0 Å². The highest BCUT2D eigenvalue weighted by molar-refractivity contribution is 5.94. The van der Waals surface area contributed by atoms with Crippen LogP contribution in [0.15, 0.2) is 18.2 Å². The van der Waals surface area contributed by atoms with Gasteiger partial charge in [0.2, 0.25) is 0 Å². The Morgan fingerprint density at radius 1 is 1.40 bits per heavy atom. The van der Waals surface area contributed by atoms with Gasteiger partial charge in [-0.05, 0) is 50.3 Å². The predicted molar refractivity (Wildman–Crippen MR) is 72.1 cm³/mol. The highest BCUT2D eigenvalue weighted by Gasteiger charge is 2.48. The van der Waals surface area contributed by atoms with Crippen LogP contribution >= 0.6 is 0 Å². The van der Waals surface area contributed by atoms with E-state index in [1.165, 1.54) is 13.0 Å². The Balaban J connectivity index is 2.04. The summed E-state index contributed by atoms with van der Waals surface area (Å²) < 4.78 is 13.4. The molecule has 1 unspecified atom stereocenters. The lowest BCUT2D eigenvalue weighted by molar-refractivity contribution is -0.144. The minimum Gasteiger partial charge on any atom is -0.480 e. The Morgan fingerprint density at radius 3 is 2.55 bits per heavy atom. The van der Waals surface area contributed by atoms with Gasteiger partial charge in [-0.1, -0.05) is 6.07 Å². The molecule has 1 aliphatic rings. The molecule has 0 aliphatic heterocycles. The van der Waals surface area contributed by atoms with Crippen LogP contribution in [-0.2, 0) is 4.79 Å². The zero-order valence-electron chi connectivity index (χ0n) is 11.4. The van der Waals surface area contributed by atoms with Crippen molar-refractivity contribution in [1.82, 2.24) is 5.32 Å². The maximum Gasteiger partial charge on any atom is 0.329 e. The molecule has 6 heteroatoms. The largest absolute Gasteiger partial charge is 0.480 e. The molecule has 3 N–H and O–H groups in total. The van der Waals surface area contributed by atoms with Gasteiger partial charge in [-0.15, -0.1) is 0 Å². The van der Waals surface area contributed by atoms with Crippen LogP contribution in [0.1, 0.15) is 25.3 Å². The quantitative estimate of drug-likeness (QED) is 0.793. The number of aryl methyl sites for hydroxylation is 1. The van der Waals surface area contributed by atoms with Crippen LogP contribution in [0.25, 0.3) is 0 Å². The van der Waals surface area contributed by atoms with Crippen molar-refractivity contribution in [3.63, 3.8) is 0 Å². The molecule has 2 amide bonds. The van der Waals surface area contributed by atoms with Crippen LogP contribution in [0.4, 0.5) is 14.9 Å². The van der Waals surface area contributed by atoms with E-state index in [-0.39, 0.29) is 11.6 Å². The summed E-state index contributed by atoms with van der Waals surface area (Å²) in [6.07, 6.45) is 1.56. The van der Waals surface area contributed by atoms with E-state index >= 15 is 0 Å². The second-order valence-corrected chi connectivity index (χ2v) is 5.32. The van der Waals surface area contributed by atoms with Crippen LogP contribution in [0, 0.1) is 18.7 Å². The van der Waals surface area contributed by atoms with Crippen LogP contribution in [0.2, 0.25) is 0 Å². The number of aliphatic carboxylic acids is 1. The fourth-order valence-corrected chi connectivity index (χ4v) is 2.06. The third-order valence-electron chi connectivity index (χ3n) is 3.64. The van der Waals surface area contributed by atoms with E-state index in [0.29, 0.717) is 5.56 Å². The van der Waals surface area contributed by atoms with Gasteiger partial charge >= 0.3 is 12.0 Å². The van der Waals surface area contributed by atoms with Gasteiger partial charge < -0.3 is 15.7 Å². The smallest absolute Gasteiger partial charge is 0.329 e. The van der Waals surface area contributed by atoms with E-state index in [1.54, 1.807) is 19.1 Å². The molecule has 1 saturated carbocycles. The molecule has 1 aromatic rings. The van der Waals surface area contributed by atoms with Crippen LogP contribution in [-0.4, -0.2) is 22.6 Å². The molecule has 1 aromatic carbocycles. The fraction of sp³-hybridized carbons (Fsp3) is 0.429. The van der Waals surface area contributed by atoms with Gasteiger partial charge in [0.1, 0.15) is 11.4 Å². The molecule has 1 aliphatic carbocycles. The number of hydrogen-bond donors (Lipinski definition) is 3. The van der Waals surface area contributed by atoms with E-state index < -0.39 is 23.4 Å².